The number of nitrogens with one attached hydrogen (secondary N) is 1. The summed E-state index contributed by atoms with van der Waals surface area (Å²) in [6.07, 6.45) is 3.92. The quantitative estimate of drug-likeness (QED) is 0.664. The number of likely N-dealkylation sites (N-methyl/N-ethyl adjacent to an activating group) is 1. The molecule has 0 aromatic carbocycles. The first-order valence-corrected chi connectivity index (χ1v) is 6.59. The first kappa shape index (κ1) is 13.0. The maximum Gasteiger partial charge on any atom is 0.0192 e. The Balaban J connectivity index is 2.12. The molecule has 0 bridgehead atoms. The van der Waals surface area contributed by atoms with Crippen LogP contribution in [0.15, 0.2) is 0 Å². The summed E-state index contributed by atoms with van der Waals surface area (Å²) >= 11 is 0. The van der Waals surface area contributed by atoms with Crippen LogP contribution in [0.1, 0.15) is 40.0 Å². The van der Waals surface area contributed by atoms with Gasteiger partial charge >= 0.3 is 0 Å². The van der Waals surface area contributed by atoms with Gasteiger partial charge in [0.15, 0.2) is 0 Å². The average molecular weight is 212 g/mol. The Bertz CT molecular complexity index is 170. The molecule has 1 rings (SSSR count). The molecule has 3 unspecified atom stereocenters. The van der Waals surface area contributed by atoms with Crippen LogP contribution in [-0.4, -0.2) is 37.6 Å². The molecule has 0 aromatic rings. The maximum atomic E-state index is 3.61. The molecule has 0 amide bonds. The molecule has 0 saturated heterocycles. The van der Waals surface area contributed by atoms with Gasteiger partial charge < -0.3 is 10.2 Å². The molecule has 0 spiro atoms. The van der Waals surface area contributed by atoms with Gasteiger partial charge in [0.25, 0.3) is 0 Å². The van der Waals surface area contributed by atoms with Crippen molar-refractivity contribution in [2.24, 2.45) is 11.8 Å². The highest BCUT2D eigenvalue weighted by atomic mass is 15.1. The van der Waals surface area contributed by atoms with Crippen LogP contribution in [-0.2, 0) is 0 Å². The van der Waals surface area contributed by atoms with Crippen LogP contribution in [0.25, 0.3) is 0 Å². The van der Waals surface area contributed by atoms with Gasteiger partial charge in [0.05, 0.1) is 0 Å². The van der Waals surface area contributed by atoms with Crippen LogP contribution in [0, 0.1) is 11.8 Å². The Hall–Kier alpha value is -0.0800. The zero-order valence-electron chi connectivity index (χ0n) is 10.9. The van der Waals surface area contributed by atoms with E-state index >= 15 is 0 Å². The molecular formula is C13H28N2. The monoisotopic (exact) mass is 212 g/mol. The fourth-order valence-corrected chi connectivity index (χ4v) is 2.19. The van der Waals surface area contributed by atoms with E-state index in [0.29, 0.717) is 6.04 Å². The van der Waals surface area contributed by atoms with Crippen molar-refractivity contribution < 1.29 is 0 Å². The van der Waals surface area contributed by atoms with E-state index < -0.39 is 0 Å². The van der Waals surface area contributed by atoms with Gasteiger partial charge in [0.1, 0.15) is 0 Å². The van der Waals surface area contributed by atoms with Crippen LogP contribution in [0.2, 0.25) is 0 Å². The Morgan fingerprint density at radius 1 is 1.40 bits per heavy atom. The molecule has 1 N–H and O–H groups in total. The van der Waals surface area contributed by atoms with Crippen molar-refractivity contribution in [3.05, 3.63) is 0 Å². The highest BCUT2D eigenvalue weighted by Gasteiger charge is 2.33. The molecule has 0 heterocycles. The lowest BCUT2D eigenvalue weighted by molar-refractivity contribution is 0.271. The first-order valence-electron chi connectivity index (χ1n) is 6.59. The first-order chi connectivity index (χ1) is 7.17. The SMILES string of the molecule is CCCNC(CC)CN(C)CC1CC1C. The standard InChI is InChI=1S/C13H28N2/c1-5-7-14-13(6-2)10-15(4)9-12-8-11(12)3/h11-14H,5-10H2,1-4H3. The van der Waals surface area contributed by atoms with Crippen LogP contribution in [0.4, 0.5) is 0 Å². The summed E-state index contributed by atoms with van der Waals surface area (Å²) in [4.78, 5) is 2.50. The number of rotatable bonds is 8. The summed E-state index contributed by atoms with van der Waals surface area (Å²) < 4.78 is 0. The summed E-state index contributed by atoms with van der Waals surface area (Å²) in [6.45, 7) is 10.5. The van der Waals surface area contributed by atoms with Crippen molar-refractivity contribution in [2.75, 3.05) is 26.7 Å². The normalized spacial score (nSPS) is 27.0. The summed E-state index contributed by atoms with van der Waals surface area (Å²) in [7, 11) is 2.27. The molecule has 0 aliphatic heterocycles. The molecular weight excluding hydrogens is 184 g/mol. The summed E-state index contributed by atoms with van der Waals surface area (Å²) in [5, 5.41) is 3.61. The Morgan fingerprint density at radius 2 is 2.07 bits per heavy atom. The molecule has 1 fully saturated rings. The van der Waals surface area contributed by atoms with E-state index in [1.165, 1.54) is 32.4 Å². The molecule has 0 radical (unpaired) electrons. The van der Waals surface area contributed by atoms with Gasteiger partial charge in [-0.05, 0) is 44.7 Å². The molecule has 1 aliphatic rings. The second-order valence-corrected chi connectivity index (χ2v) is 5.25. The zero-order valence-corrected chi connectivity index (χ0v) is 10.9. The molecule has 90 valence electrons. The molecule has 1 aliphatic carbocycles. The van der Waals surface area contributed by atoms with Crippen molar-refractivity contribution in [3.63, 3.8) is 0 Å². The van der Waals surface area contributed by atoms with Crippen LogP contribution in [0.3, 0.4) is 0 Å². The third-order valence-electron chi connectivity index (χ3n) is 3.53. The van der Waals surface area contributed by atoms with E-state index in [2.05, 4.69) is 38.0 Å². The molecule has 2 nitrogen and oxygen atoms in total. The molecule has 15 heavy (non-hydrogen) atoms. The van der Waals surface area contributed by atoms with Crippen molar-refractivity contribution in [1.82, 2.24) is 10.2 Å². The van der Waals surface area contributed by atoms with Crippen LogP contribution in [0.5, 0.6) is 0 Å². The lowest BCUT2D eigenvalue weighted by Gasteiger charge is -2.24. The fourth-order valence-electron chi connectivity index (χ4n) is 2.19. The number of nitrogens with zero attached hydrogens (tertiary/aromatic N) is 1. The van der Waals surface area contributed by atoms with E-state index in [-0.39, 0.29) is 0 Å². The van der Waals surface area contributed by atoms with E-state index in [4.69, 9.17) is 0 Å². The van der Waals surface area contributed by atoms with E-state index in [1.807, 2.05) is 0 Å². The van der Waals surface area contributed by atoms with Crippen LogP contribution >= 0.6 is 0 Å². The van der Waals surface area contributed by atoms with Gasteiger partial charge in [0.2, 0.25) is 0 Å². The molecule has 0 aromatic heterocycles. The second-order valence-electron chi connectivity index (χ2n) is 5.25. The average Bonchev–Trinajstić information content (AvgIpc) is 2.88. The van der Waals surface area contributed by atoms with Gasteiger partial charge in [-0.2, -0.15) is 0 Å². The van der Waals surface area contributed by atoms with Gasteiger partial charge in [-0.15, -0.1) is 0 Å². The summed E-state index contributed by atoms with van der Waals surface area (Å²) in [5.41, 5.74) is 0. The zero-order chi connectivity index (χ0) is 11.3. The minimum atomic E-state index is 0.684. The Kier molecular flexibility index (Phi) is 5.62. The topological polar surface area (TPSA) is 15.3 Å². The Morgan fingerprint density at radius 3 is 2.53 bits per heavy atom. The van der Waals surface area contributed by atoms with Crippen molar-refractivity contribution in [3.8, 4) is 0 Å². The minimum Gasteiger partial charge on any atom is -0.313 e. The summed E-state index contributed by atoms with van der Waals surface area (Å²) in [6, 6.07) is 0.684. The largest absolute Gasteiger partial charge is 0.313 e. The lowest BCUT2D eigenvalue weighted by atomic mass is 10.2. The molecule has 3 atom stereocenters. The van der Waals surface area contributed by atoms with Crippen molar-refractivity contribution in [1.29, 1.82) is 0 Å². The minimum absolute atomic E-state index is 0.684. The summed E-state index contributed by atoms with van der Waals surface area (Å²) in [5.74, 6) is 1.97. The van der Waals surface area contributed by atoms with Gasteiger partial charge in [0, 0.05) is 19.1 Å². The van der Waals surface area contributed by atoms with Crippen molar-refractivity contribution >= 4 is 0 Å². The van der Waals surface area contributed by atoms with E-state index in [9.17, 15) is 0 Å². The highest BCUT2D eigenvalue weighted by Crippen LogP contribution is 2.37. The second kappa shape index (κ2) is 6.49. The van der Waals surface area contributed by atoms with E-state index in [0.717, 1.165) is 18.4 Å². The van der Waals surface area contributed by atoms with Crippen molar-refractivity contribution in [2.45, 2.75) is 46.1 Å². The predicted molar refractivity (Wildman–Crippen MR) is 67.1 cm³/mol. The van der Waals surface area contributed by atoms with Crippen LogP contribution < -0.4 is 5.32 Å². The van der Waals surface area contributed by atoms with Gasteiger partial charge in [-0.25, -0.2) is 0 Å². The predicted octanol–water partition coefficient (Wildman–Crippen LogP) is 2.35. The van der Waals surface area contributed by atoms with Gasteiger partial charge in [-0.1, -0.05) is 20.8 Å². The highest BCUT2D eigenvalue weighted by molar-refractivity contribution is 4.85. The Labute approximate surface area is 95.4 Å². The molecule has 2 heteroatoms. The number of hydrogen-bond acceptors (Lipinski definition) is 2. The molecule has 1 saturated carbocycles. The fraction of sp³-hybridized carbons (Fsp3) is 1.00. The maximum absolute atomic E-state index is 3.61. The van der Waals surface area contributed by atoms with Gasteiger partial charge in [-0.3, -0.25) is 0 Å². The third kappa shape index (κ3) is 4.98. The number of hydrogen-bond donors (Lipinski definition) is 1. The third-order valence-corrected chi connectivity index (χ3v) is 3.53. The lowest BCUT2D eigenvalue weighted by Crippen LogP contribution is -2.40. The van der Waals surface area contributed by atoms with E-state index in [1.54, 1.807) is 0 Å². The smallest absolute Gasteiger partial charge is 0.0192 e.